The van der Waals surface area contributed by atoms with Crippen molar-refractivity contribution in [2.75, 3.05) is 23.8 Å². The number of methoxy groups -OCH3 is 1. The molecule has 0 spiro atoms. The van der Waals surface area contributed by atoms with E-state index in [0.717, 1.165) is 16.4 Å². The van der Waals surface area contributed by atoms with Gasteiger partial charge in [0.1, 0.15) is 11.6 Å². The number of nitrogens with one attached hydrogen (secondary N) is 1. The molecule has 1 amide bonds. The van der Waals surface area contributed by atoms with Crippen LogP contribution in [0.5, 0.6) is 5.75 Å². The van der Waals surface area contributed by atoms with Gasteiger partial charge in [0, 0.05) is 12.7 Å². The highest BCUT2D eigenvalue weighted by Crippen LogP contribution is 2.29. The van der Waals surface area contributed by atoms with Gasteiger partial charge in [0.25, 0.3) is 15.9 Å². The van der Waals surface area contributed by atoms with Crippen molar-refractivity contribution in [3.05, 3.63) is 82.1 Å². The number of rotatable bonds is 6. The first-order chi connectivity index (χ1) is 14.6. The number of amides is 1. The van der Waals surface area contributed by atoms with Gasteiger partial charge in [0.15, 0.2) is 0 Å². The van der Waals surface area contributed by atoms with Crippen LogP contribution in [0, 0.1) is 5.82 Å². The van der Waals surface area contributed by atoms with E-state index >= 15 is 0 Å². The van der Waals surface area contributed by atoms with Gasteiger partial charge in [-0.25, -0.2) is 12.8 Å². The normalized spacial score (nSPS) is 11.1. The fourth-order valence-corrected chi connectivity index (χ4v) is 4.41. The molecular formula is C21H17Cl2FN2O4S. The highest BCUT2D eigenvalue weighted by Gasteiger charge is 2.24. The quantitative estimate of drug-likeness (QED) is 0.522. The molecule has 3 rings (SSSR count). The molecule has 3 aromatic rings. The van der Waals surface area contributed by atoms with Crippen molar-refractivity contribution in [3.8, 4) is 5.75 Å². The maximum atomic E-state index is 13.2. The molecule has 0 aliphatic carbocycles. The highest BCUT2D eigenvalue weighted by atomic mass is 35.5. The number of halogens is 3. The molecule has 162 valence electrons. The van der Waals surface area contributed by atoms with Crippen LogP contribution in [-0.2, 0) is 10.0 Å². The number of sulfonamides is 1. The van der Waals surface area contributed by atoms with Crippen molar-refractivity contribution in [3.63, 3.8) is 0 Å². The molecule has 6 nitrogen and oxygen atoms in total. The predicted molar refractivity (Wildman–Crippen MR) is 119 cm³/mol. The Balaban J connectivity index is 1.91. The lowest BCUT2D eigenvalue weighted by Gasteiger charge is -2.20. The summed E-state index contributed by atoms with van der Waals surface area (Å²) in [5, 5.41) is 2.99. The minimum Gasteiger partial charge on any atom is -0.495 e. The van der Waals surface area contributed by atoms with Gasteiger partial charge in [-0.2, -0.15) is 0 Å². The smallest absolute Gasteiger partial charge is 0.264 e. The minimum atomic E-state index is -4.03. The zero-order chi connectivity index (χ0) is 22.8. The number of ether oxygens (including phenoxy) is 1. The van der Waals surface area contributed by atoms with Gasteiger partial charge in [-0.05, 0) is 60.7 Å². The van der Waals surface area contributed by atoms with Crippen LogP contribution < -0.4 is 14.4 Å². The van der Waals surface area contributed by atoms with E-state index in [4.69, 9.17) is 27.9 Å². The third-order valence-corrected chi connectivity index (χ3v) is 6.85. The third-order valence-electron chi connectivity index (χ3n) is 4.44. The summed E-state index contributed by atoms with van der Waals surface area (Å²) in [5.41, 5.74) is 0.598. The van der Waals surface area contributed by atoms with E-state index in [1.165, 1.54) is 50.6 Å². The summed E-state index contributed by atoms with van der Waals surface area (Å²) in [5.74, 6) is -0.666. The Morgan fingerprint density at radius 3 is 2.29 bits per heavy atom. The van der Waals surface area contributed by atoms with Gasteiger partial charge in [0.2, 0.25) is 0 Å². The molecule has 0 radical (unpaired) electrons. The first-order valence-corrected chi connectivity index (χ1v) is 11.0. The molecule has 0 aromatic heterocycles. The molecule has 1 N–H and O–H groups in total. The molecule has 3 aromatic carbocycles. The first-order valence-electron chi connectivity index (χ1n) is 8.82. The van der Waals surface area contributed by atoms with Crippen LogP contribution in [0.25, 0.3) is 0 Å². The fraction of sp³-hybridized carbons (Fsp3) is 0.0952. The third kappa shape index (κ3) is 4.92. The molecule has 0 bridgehead atoms. The number of carbonyl (C=O) groups excluding carboxylic acids is 1. The van der Waals surface area contributed by atoms with E-state index in [9.17, 15) is 17.6 Å². The summed E-state index contributed by atoms with van der Waals surface area (Å²) in [6, 6.07) is 13.4. The van der Waals surface area contributed by atoms with Crippen LogP contribution in [-0.4, -0.2) is 28.5 Å². The van der Waals surface area contributed by atoms with E-state index in [1.807, 2.05) is 0 Å². The molecule has 0 aliphatic rings. The second-order valence-electron chi connectivity index (χ2n) is 6.39. The summed E-state index contributed by atoms with van der Waals surface area (Å²) in [7, 11) is -1.24. The van der Waals surface area contributed by atoms with Gasteiger partial charge in [0.05, 0.1) is 33.3 Å². The highest BCUT2D eigenvalue weighted by molar-refractivity contribution is 7.92. The molecule has 10 heteroatoms. The Bertz CT molecular complexity index is 1230. The van der Waals surface area contributed by atoms with E-state index in [2.05, 4.69) is 5.32 Å². The largest absolute Gasteiger partial charge is 0.495 e. The monoisotopic (exact) mass is 482 g/mol. The lowest BCUT2D eigenvalue weighted by Crippen LogP contribution is -2.27. The van der Waals surface area contributed by atoms with Crippen LogP contribution in [0.2, 0.25) is 10.0 Å². The average molecular weight is 483 g/mol. The van der Waals surface area contributed by atoms with Gasteiger partial charge >= 0.3 is 0 Å². The lowest BCUT2D eigenvalue weighted by molar-refractivity contribution is 0.102. The zero-order valence-corrected chi connectivity index (χ0v) is 18.7. The van der Waals surface area contributed by atoms with Crippen molar-refractivity contribution in [2.45, 2.75) is 4.90 Å². The number of hydrogen-bond donors (Lipinski definition) is 1. The van der Waals surface area contributed by atoms with E-state index < -0.39 is 21.7 Å². The number of anilines is 2. The Labute approximate surface area is 189 Å². The van der Waals surface area contributed by atoms with Gasteiger partial charge < -0.3 is 10.1 Å². The Kier molecular flexibility index (Phi) is 6.74. The predicted octanol–water partition coefficient (Wildman–Crippen LogP) is 5.22. The molecule has 0 fully saturated rings. The number of nitrogens with zero attached hydrogens (tertiary/aromatic N) is 1. The molecule has 0 saturated heterocycles. The molecule has 0 unspecified atom stereocenters. The maximum Gasteiger partial charge on any atom is 0.264 e. The molecule has 0 atom stereocenters. The second kappa shape index (κ2) is 9.13. The Morgan fingerprint density at radius 1 is 1.00 bits per heavy atom. The standard InChI is InChI=1S/C21H17Cl2FN2O4S/c1-26(15-6-3-13(24)4-7-15)31(28,29)16-8-9-18(22)17(12-16)21(27)25-14-5-10-20(30-2)19(23)11-14/h3-12H,1-2H3,(H,25,27). The van der Waals surface area contributed by atoms with Crippen molar-refractivity contribution in [1.82, 2.24) is 0 Å². The van der Waals surface area contributed by atoms with Gasteiger partial charge in [-0.1, -0.05) is 23.2 Å². The summed E-state index contributed by atoms with van der Waals surface area (Å²) in [4.78, 5) is 12.6. The Hall–Kier alpha value is -2.81. The van der Waals surface area contributed by atoms with E-state index in [1.54, 1.807) is 12.1 Å². The second-order valence-corrected chi connectivity index (χ2v) is 9.18. The first kappa shape index (κ1) is 22.9. The SMILES string of the molecule is COc1ccc(NC(=O)c2cc(S(=O)(=O)N(C)c3ccc(F)cc3)ccc2Cl)cc1Cl. The van der Waals surface area contributed by atoms with Crippen molar-refractivity contribution in [2.24, 2.45) is 0 Å². The molecule has 0 saturated carbocycles. The average Bonchev–Trinajstić information content (AvgIpc) is 2.74. The summed E-state index contributed by atoms with van der Waals surface area (Å²) in [6.07, 6.45) is 0. The zero-order valence-electron chi connectivity index (χ0n) is 16.4. The Morgan fingerprint density at radius 2 is 1.68 bits per heavy atom. The van der Waals surface area contributed by atoms with Crippen LogP contribution in [0.3, 0.4) is 0 Å². The van der Waals surface area contributed by atoms with E-state index in [-0.39, 0.29) is 21.2 Å². The molecular weight excluding hydrogens is 466 g/mol. The van der Waals surface area contributed by atoms with E-state index in [0.29, 0.717) is 16.5 Å². The summed E-state index contributed by atoms with van der Waals surface area (Å²) in [6.45, 7) is 0. The van der Waals surface area contributed by atoms with Crippen molar-refractivity contribution >= 4 is 50.5 Å². The fourth-order valence-electron chi connectivity index (χ4n) is 2.73. The minimum absolute atomic E-state index is 0.0396. The van der Waals surface area contributed by atoms with Crippen LogP contribution in [0.4, 0.5) is 15.8 Å². The molecule has 31 heavy (non-hydrogen) atoms. The number of benzene rings is 3. The topological polar surface area (TPSA) is 75.7 Å². The number of carbonyl (C=O) groups is 1. The van der Waals surface area contributed by atoms with Gasteiger partial charge in [-0.3, -0.25) is 9.10 Å². The molecule has 0 aliphatic heterocycles. The molecule has 0 heterocycles. The van der Waals surface area contributed by atoms with Crippen LogP contribution in [0.1, 0.15) is 10.4 Å². The lowest BCUT2D eigenvalue weighted by atomic mass is 10.2. The summed E-state index contributed by atoms with van der Waals surface area (Å²) < 4.78 is 45.2. The van der Waals surface area contributed by atoms with Gasteiger partial charge in [-0.15, -0.1) is 0 Å². The van der Waals surface area contributed by atoms with Crippen molar-refractivity contribution in [1.29, 1.82) is 0 Å². The van der Waals surface area contributed by atoms with Crippen molar-refractivity contribution < 1.29 is 22.3 Å². The van der Waals surface area contributed by atoms with Crippen LogP contribution >= 0.6 is 23.2 Å². The maximum absolute atomic E-state index is 13.2. The van der Waals surface area contributed by atoms with Crippen LogP contribution in [0.15, 0.2) is 65.6 Å². The number of hydrogen-bond acceptors (Lipinski definition) is 4. The summed E-state index contributed by atoms with van der Waals surface area (Å²) >= 11 is 12.2.